The molecule has 2 N–H and O–H groups in total. The minimum atomic E-state index is -0.633. The van der Waals surface area contributed by atoms with Crippen molar-refractivity contribution in [3.63, 3.8) is 0 Å². The number of nitrogen functional groups attached to an aromatic ring is 1. The summed E-state index contributed by atoms with van der Waals surface area (Å²) in [6.07, 6.45) is 0.182. The third-order valence-corrected chi connectivity index (χ3v) is 3.75. The number of nitrogens with zero attached hydrogens (tertiary/aromatic N) is 2. The first-order chi connectivity index (χ1) is 10.0. The number of nitrogens with two attached hydrogens (primary N) is 1. The van der Waals surface area contributed by atoms with Crippen LogP contribution in [0.15, 0.2) is 28.8 Å². The van der Waals surface area contributed by atoms with Crippen molar-refractivity contribution in [3.05, 3.63) is 52.2 Å². The van der Waals surface area contributed by atoms with Gasteiger partial charge in [0.25, 0.3) is 5.89 Å². The van der Waals surface area contributed by atoms with Crippen molar-refractivity contribution in [1.29, 1.82) is 0 Å². The van der Waals surface area contributed by atoms with Gasteiger partial charge in [0.05, 0.1) is 10.6 Å². The molecule has 0 amide bonds. The lowest BCUT2D eigenvalue weighted by atomic mass is 10.1. The third kappa shape index (κ3) is 2.92. The molecule has 0 atom stereocenters. The fourth-order valence-corrected chi connectivity index (χ4v) is 2.81. The molecule has 0 saturated carbocycles. The summed E-state index contributed by atoms with van der Waals surface area (Å²) in [5, 5.41) is 4.41. The Morgan fingerprint density at radius 2 is 1.90 bits per heavy atom. The Morgan fingerprint density at radius 1 is 1.19 bits per heavy atom. The molecule has 2 heterocycles. The Labute approximate surface area is 123 Å². The van der Waals surface area contributed by atoms with Crippen LogP contribution < -0.4 is 5.73 Å². The largest absolute Gasteiger partial charge is 0.390 e. The van der Waals surface area contributed by atoms with Gasteiger partial charge in [0.15, 0.2) is 5.82 Å². The SMILES string of the molecule is Cc1cc(-c2nc(Cc3cc(F)cc(F)c3)no2)c(N)s1. The van der Waals surface area contributed by atoms with Crippen molar-refractivity contribution in [1.82, 2.24) is 10.1 Å². The zero-order chi connectivity index (χ0) is 15.0. The first kappa shape index (κ1) is 13.7. The molecule has 0 aliphatic heterocycles. The second-order valence-corrected chi connectivity index (χ2v) is 5.89. The Hall–Kier alpha value is -2.28. The zero-order valence-corrected chi connectivity index (χ0v) is 11.9. The maximum Gasteiger partial charge on any atom is 0.260 e. The van der Waals surface area contributed by atoms with Gasteiger partial charge in [-0.3, -0.25) is 0 Å². The number of benzene rings is 1. The van der Waals surface area contributed by atoms with E-state index in [0.29, 0.717) is 27.8 Å². The molecular formula is C14H11F2N3OS. The highest BCUT2D eigenvalue weighted by molar-refractivity contribution is 7.16. The molecule has 0 saturated heterocycles. The summed E-state index contributed by atoms with van der Waals surface area (Å²) < 4.78 is 31.4. The molecule has 0 fully saturated rings. The van der Waals surface area contributed by atoms with Crippen molar-refractivity contribution < 1.29 is 13.3 Å². The van der Waals surface area contributed by atoms with Crippen molar-refractivity contribution in [2.24, 2.45) is 0 Å². The number of anilines is 1. The van der Waals surface area contributed by atoms with Gasteiger partial charge in [-0.25, -0.2) is 8.78 Å². The molecule has 4 nitrogen and oxygen atoms in total. The van der Waals surface area contributed by atoms with E-state index in [1.165, 1.54) is 23.5 Å². The van der Waals surface area contributed by atoms with E-state index < -0.39 is 11.6 Å². The van der Waals surface area contributed by atoms with Gasteiger partial charge in [-0.1, -0.05) is 5.16 Å². The Morgan fingerprint density at radius 3 is 2.52 bits per heavy atom. The summed E-state index contributed by atoms with van der Waals surface area (Å²) in [6, 6.07) is 5.16. The molecule has 108 valence electrons. The standard InChI is InChI=1S/C14H11F2N3OS/c1-7-2-11(13(17)21-7)14-18-12(19-20-14)5-8-3-9(15)6-10(16)4-8/h2-4,6H,5,17H2,1H3. The average molecular weight is 307 g/mol. The molecule has 7 heteroatoms. The van der Waals surface area contributed by atoms with E-state index in [1.54, 1.807) is 0 Å². The average Bonchev–Trinajstić information content (AvgIpc) is 2.94. The number of rotatable bonds is 3. The normalized spacial score (nSPS) is 11.0. The number of aromatic nitrogens is 2. The summed E-state index contributed by atoms with van der Waals surface area (Å²) >= 11 is 1.43. The summed E-state index contributed by atoms with van der Waals surface area (Å²) in [5.41, 5.74) is 6.99. The number of hydrogen-bond donors (Lipinski definition) is 1. The van der Waals surface area contributed by atoms with Gasteiger partial charge >= 0.3 is 0 Å². The van der Waals surface area contributed by atoms with E-state index in [0.717, 1.165) is 10.9 Å². The van der Waals surface area contributed by atoms with E-state index in [9.17, 15) is 8.78 Å². The lowest BCUT2D eigenvalue weighted by Crippen LogP contribution is -1.93. The van der Waals surface area contributed by atoms with E-state index in [4.69, 9.17) is 10.3 Å². The number of thiophene rings is 1. The molecule has 0 spiro atoms. The van der Waals surface area contributed by atoms with E-state index in [2.05, 4.69) is 10.1 Å². The smallest absolute Gasteiger partial charge is 0.260 e. The fraction of sp³-hybridized carbons (Fsp3) is 0.143. The number of hydrogen-bond acceptors (Lipinski definition) is 5. The molecule has 3 rings (SSSR count). The van der Waals surface area contributed by atoms with Gasteiger partial charge in [-0.15, -0.1) is 11.3 Å². The van der Waals surface area contributed by atoms with Crippen LogP contribution in [-0.2, 0) is 6.42 Å². The topological polar surface area (TPSA) is 64.9 Å². The van der Waals surface area contributed by atoms with Crippen LogP contribution in [0.25, 0.3) is 11.5 Å². The Balaban J connectivity index is 1.87. The van der Waals surface area contributed by atoms with Crippen LogP contribution in [-0.4, -0.2) is 10.1 Å². The first-order valence-electron chi connectivity index (χ1n) is 6.15. The Kier molecular flexibility index (Phi) is 3.42. The minimum absolute atomic E-state index is 0.182. The Bertz CT molecular complexity index is 777. The molecule has 0 bridgehead atoms. The highest BCUT2D eigenvalue weighted by atomic mass is 32.1. The van der Waals surface area contributed by atoms with E-state index in [1.807, 2.05) is 13.0 Å². The minimum Gasteiger partial charge on any atom is -0.390 e. The van der Waals surface area contributed by atoms with Gasteiger partial charge in [0, 0.05) is 17.4 Å². The van der Waals surface area contributed by atoms with Crippen LogP contribution >= 0.6 is 11.3 Å². The predicted octanol–water partition coefficient (Wildman–Crippen LogP) is 3.56. The number of aryl methyl sites for hydroxylation is 1. The molecule has 0 unspecified atom stereocenters. The predicted molar refractivity (Wildman–Crippen MR) is 75.9 cm³/mol. The molecule has 3 aromatic rings. The number of halogens is 2. The summed E-state index contributed by atoms with van der Waals surface area (Å²) in [7, 11) is 0. The molecular weight excluding hydrogens is 296 g/mol. The maximum atomic E-state index is 13.1. The van der Waals surface area contributed by atoms with Crippen molar-refractivity contribution >= 4 is 16.3 Å². The molecule has 0 radical (unpaired) electrons. The van der Waals surface area contributed by atoms with Gasteiger partial charge in [0.1, 0.15) is 11.6 Å². The molecule has 0 aliphatic rings. The van der Waals surface area contributed by atoms with Crippen molar-refractivity contribution in [2.45, 2.75) is 13.3 Å². The third-order valence-electron chi connectivity index (χ3n) is 2.87. The van der Waals surface area contributed by atoms with Crippen LogP contribution in [0.5, 0.6) is 0 Å². The van der Waals surface area contributed by atoms with Gasteiger partial charge < -0.3 is 10.3 Å². The molecule has 2 aromatic heterocycles. The summed E-state index contributed by atoms with van der Waals surface area (Å²) in [6.45, 7) is 1.93. The van der Waals surface area contributed by atoms with Gasteiger partial charge in [-0.2, -0.15) is 4.98 Å². The van der Waals surface area contributed by atoms with Crippen LogP contribution in [0, 0.1) is 18.6 Å². The lowest BCUT2D eigenvalue weighted by Gasteiger charge is -1.97. The monoisotopic (exact) mass is 307 g/mol. The van der Waals surface area contributed by atoms with E-state index >= 15 is 0 Å². The van der Waals surface area contributed by atoms with Crippen LogP contribution in [0.4, 0.5) is 13.8 Å². The molecule has 21 heavy (non-hydrogen) atoms. The molecule has 0 aliphatic carbocycles. The van der Waals surface area contributed by atoms with Crippen LogP contribution in [0.1, 0.15) is 16.3 Å². The quantitative estimate of drug-likeness (QED) is 0.803. The maximum absolute atomic E-state index is 13.1. The zero-order valence-electron chi connectivity index (χ0n) is 11.1. The van der Waals surface area contributed by atoms with Gasteiger partial charge in [-0.05, 0) is 30.7 Å². The summed E-state index contributed by atoms with van der Waals surface area (Å²) in [4.78, 5) is 5.25. The molecule has 1 aromatic carbocycles. The highest BCUT2D eigenvalue weighted by Gasteiger charge is 2.15. The second kappa shape index (κ2) is 5.25. The van der Waals surface area contributed by atoms with Crippen molar-refractivity contribution in [2.75, 3.05) is 5.73 Å². The van der Waals surface area contributed by atoms with Gasteiger partial charge in [0.2, 0.25) is 0 Å². The highest BCUT2D eigenvalue weighted by Crippen LogP contribution is 2.32. The van der Waals surface area contributed by atoms with Crippen molar-refractivity contribution in [3.8, 4) is 11.5 Å². The van der Waals surface area contributed by atoms with Crippen LogP contribution in [0.3, 0.4) is 0 Å². The lowest BCUT2D eigenvalue weighted by molar-refractivity contribution is 0.424. The summed E-state index contributed by atoms with van der Waals surface area (Å²) in [5.74, 6) is -0.611. The van der Waals surface area contributed by atoms with E-state index in [-0.39, 0.29) is 6.42 Å². The second-order valence-electron chi connectivity index (χ2n) is 4.61. The van der Waals surface area contributed by atoms with Crippen LogP contribution in [0.2, 0.25) is 0 Å². The fourth-order valence-electron chi connectivity index (χ4n) is 2.03. The first-order valence-corrected chi connectivity index (χ1v) is 6.97.